The average Bonchev–Trinajstić information content (AvgIpc) is 2.29. The van der Waals surface area contributed by atoms with Gasteiger partial charge in [-0.3, -0.25) is 0 Å². The van der Waals surface area contributed by atoms with Gasteiger partial charge in [0.25, 0.3) is 0 Å². The highest BCUT2D eigenvalue weighted by molar-refractivity contribution is 9.10. The van der Waals surface area contributed by atoms with Crippen LogP contribution in [0.5, 0.6) is 0 Å². The summed E-state index contributed by atoms with van der Waals surface area (Å²) < 4.78 is 1.19. The zero-order valence-corrected chi connectivity index (χ0v) is 8.70. The maximum Gasteiger partial charge on any atom is 0.0470 e. The van der Waals surface area contributed by atoms with Gasteiger partial charge in [0.15, 0.2) is 0 Å². The van der Waals surface area contributed by atoms with Crippen molar-refractivity contribution < 1.29 is 0 Å². The number of H-pyrrole nitrogens is 1. The van der Waals surface area contributed by atoms with Gasteiger partial charge in [-0.15, -0.1) is 0 Å². The lowest BCUT2D eigenvalue weighted by Crippen LogP contribution is -1.72. The molecule has 2 rings (SSSR count). The van der Waals surface area contributed by atoms with Crippen LogP contribution in [0.15, 0.2) is 22.7 Å². The first-order valence-corrected chi connectivity index (χ1v) is 4.73. The maximum atomic E-state index is 3.57. The molecular formula is C10H10BrN. The molecule has 2 aromatic rings. The maximum absolute atomic E-state index is 3.57. The fourth-order valence-electron chi connectivity index (χ4n) is 1.51. The molecule has 12 heavy (non-hydrogen) atoms. The molecule has 0 saturated carbocycles. The van der Waals surface area contributed by atoms with Crippen LogP contribution in [0.4, 0.5) is 0 Å². The van der Waals surface area contributed by atoms with Crippen molar-refractivity contribution in [3.8, 4) is 0 Å². The van der Waals surface area contributed by atoms with E-state index in [1.165, 1.54) is 26.6 Å². The second-order valence-electron chi connectivity index (χ2n) is 3.06. The molecule has 0 bridgehead atoms. The average molecular weight is 224 g/mol. The first kappa shape index (κ1) is 7.87. The van der Waals surface area contributed by atoms with Gasteiger partial charge in [0.05, 0.1) is 0 Å². The molecular weight excluding hydrogens is 214 g/mol. The molecule has 0 atom stereocenters. The van der Waals surface area contributed by atoms with Crippen molar-refractivity contribution in [2.45, 2.75) is 13.8 Å². The Morgan fingerprint density at radius 1 is 1.25 bits per heavy atom. The molecule has 0 fully saturated rings. The number of hydrogen-bond donors (Lipinski definition) is 1. The summed E-state index contributed by atoms with van der Waals surface area (Å²) in [5.74, 6) is 0. The third-order valence-corrected chi connectivity index (χ3v) is 3.13. The van der Waals surface area contributed by atoms with Gasteiger partial charge in [0.1, 0.15) is 0 Å². The third kappa shape index (κ3) is 0.985. The fraction of sp³-hybridized carbons (Fsp3) is 0.200. The molecule has 62 valence electrons. The first-order valence-electron chi connectivity index (χ1n) is 3.93. The van der Waals surface area contributed by atoms with Crippen LogP contribution in [0.1, 0.15) is 11.3 Å². The molecule has 1 aromatic heterocycles. The van der Waals surface area contributed by atoms with E-state index in [0.717, 1.165) is 0 Å². The number of aromatic nitrogens is 1. The second-order valence-corrected chi connectivity index (χ2v) is 3.85. The van der Waals surface area contributed by atoms with E-state index in [2.05, 4.69) is 53.0 Å². The topological polar surface area (TPSA) is 15.8 Å². The molecule has 1 aromatic carbocycles. The van der Waals surface area contributed by atoms with Crippen LogP contribution in [0.25, 0.3) is 10.9 Å². The Labute approximate surface area is 79.9 Å². The SMILES string of the molecule is Cc1[nH]c2cccc(C)c2c1Br. The van der Waals surface area contributed by atoms with Crippen LogP contribution < -0.4 is 0 Å². The summed E-state index contributed by atoms with van der Waals surface area (Å²) in [5, 5.41) is 1.30. The standard InChI is InChI=1S/C10H10BrN/c1-6-4-3-5-8-9(6)10(11)7(2)12-8/h3-5,12H,1-2H3. The Morgan fingerprint density at radius 2 is 2.00 bits per heavy atom. The molecule has 0 aliphatic carbocycles. The minimum absolute atomic E-state index is 1.19. The molecule has 0 saturated heterocycles. The summed E-state index contributed by atoms with van der Waals surface area (Å²) in [6.45, 7) is 4.20. The molecule has 1 N–H and O–H groups in total. The molecule has 2 heteroatoms. The molecule has 0 unspecified atom stereocenters. The van der Waals surface area contributed by atoms with Gasteiger partial charge in [0.2, 0.25) is 0 Å². The zero-order chi connectivity index (χ0) is 8.72. The van der Waals surface area contributed by atoms with Gasteiger partial charge in [-0.25, -0.2) is 0 Å². The Hall–Kier alpha value is -0.760. The highest BCUT2D eigenvalue weighted by Crippen LogP contribution is 2.29. The fourth-order valence-corrected chi connectivity index (χ4v) is 2.13. The number of nitrogens with one attached hydrogen (secondary N) is 1. The quantitative estimate of drug-likeness (QED) is 0.704. The molecule has 0 radical (unpaired) electrons. The Morgan fingerprint density at radius 3 is 2.67 bits per heavy atom. The number of rotatable bonds is 0. The number of benzene rings is 1. The van der Waals surface area contributed by atoms with Gasteiger partial charge < -0.3 is 4.98 Å². The van der Waals surface area contributed by atoms with Crippen molar-refractivity contribution in [1.29, 1.82) is 0 Å². The van der Waals surface area contributed by atoms with Crippen molar-refractivity contribution in [3.05, 3.63) is 33.9 Å². The predicted molar refractivity (Wildman–Crippen MR) is 55.5 cm³/mol. The number of aromatic amines is 1. The normalized spacial score (nSPS) is 10.9. The monoisotopic (exact) mass is 223 g/mol. The van der Waals surface area contributed by atoms with E-state index < -0.39 is 0 Å². The second kappa shape index (κ2) is 2.63. The van der Waals surface area contributed by atoms with Crippen LogP contribution in [0.2, 0.25) is 0 Å². The van der Waals surface area contributed by atoms with E-state index in [1.807, 2.05) is 0 Å². The number of halogens is 1. The van der Waals surface area contributed by atoms with Crippen LogP contribution in [-0.4, -0.2) is 4.98 Å². The third-order valence-electron chi connectivity index (χ3n) is 2.14. The van der Waals surface area contributed by atoms with E-state index in [4.69, 9.17) is 0 Å². The Bertz CT molecular complexity index is 429. The van der Waals surface area contributed by atoms with E-state index in [-0.39, 0.29) is 0 Å². The van der Waals surface area contributed by atoms with Crippen LogP contribution in [0.3, 0.4) is 0 Å². The summed E-state index contributed by atoms with van der Waals surface area (Å²) in [6.07, 6.45) is 0. The summed E-state index contributed by atoms with van der Waals surface area (Å²) in [5.41, 5.74) is 3.71. The van der Waals surface area contributed by atoms with Crippen LogP contribution >= 0.6 is 15.9 Å². The predicted octanol–water partition coefficient (Wildman–Crippen LogP) is 3.55. The molecule has 0 aliphatic rings. The number of fused-ring (bicyclic) bond motifs is 1. The first-order chi connectivity index (χ1) is 5.70. The minimum Gasteiger partial charge on any atom is -0.358 e. The van der Waals surface area contributed by atoms with Crippen LogP contribution in [-0.2, 0) is 0 Å². The van der Waals surface area contributed by atoms with Gasteiger partial charge in [0, 0.05) is 21.1 Å². The Balaban J connectivity index is 2.97. The van der Waals surface area contributed by atoms with E-state index in [1.54, 1.807) is 0 Å². The summed E-state index contributed by atoms with van der Waals surface area (Å²) in [7, 11) is 0. The van der Waals surface area contributed by atoms with E-state index in [0.29, 0.717) is 0 Å². The number of hydrogen-bond acceptors (Lipinski definition) is 0. The lowest BCUT2D eigenvalue weighted by molar-refractivity contribution is 1.29. The van der Waals surface area contributed by atoms with Crippen molar-refractivity contribution in [3.63, 3.8) is 0 Å². The van der Waals surface area contributed by atoms with Crippen molar-refractivity contribution in [2.75, 3.05) is 0 Å². The molecule has 0 spiro atoms. The van der Waals surface area contributed by atoms with Gasteiger partial charge in [-0.1, -0.05) is 12.1 Å². The summed E-state index contributed by atoms with van der Waals surface area (Å²) in [4.78, 5) is 3.32. The van der Waals surface area contributed by atoms with Gasteiger partial charge >= 0.3 is 0 Å². The molecule has 0 aliphatic heterocycles. The summed E-state index contributed by atoms with van der Waals surface area (Å²) in [6, 6.07) is 6.29. The van der Waals surface area contributed by atoms with E-state index in [9.17, 15) is 0 Å². The van der Waals surface area contributed by atoms with E-state index >= 15 is 0 Å². The summed E-state index contributed by atoms with van der Waals surface area (Å²) >= 11 is 3.57. The Kier molecular flexibility index (Phi) is 1.72. The zero-order valence-electron chi connectivity index (χ0n) is 7.11. The van der Waals surface area contributed by atoms with Crippen molar-refractivity contribution in [2.24, 2.45) is 0 Å². The van der Waals surface area contributed by atoms with Crippen molar-refractivity contribution in [1.82, 2.24) is 4.98 Å². The lowest BCUT2D eigenvalue weighted by Gasteiger charge is -1.94. The van der Waals surface area contributed by atoms with Gasteiger partial charge in [-0.2, -0.15) is 0 Å². The highest BCUT2D eigenvalue weighted by atomic mass is 79.9. The largest absolute Gasteiger partial charge is 0.358 e. The molecule has 1 nitrogen and oxygen atoms in total. The van der Waals surface area contributed by atoms with Gasteiger partial charge in [-0.05, 0) is 41.4 Å². The highest BCUT2D eigenvalue weighted by Gasteiger charge is 2.06. The molecule has 1 heterocycles. The molecule has 0 amide bonds. The number of aryl methyl sites for hydroxylation is 2. The van der Waals surface area contributed by atoms with Crippen molar-refractivity contribution >= 4 is 26.8 Å². The minimum atomic E-state index is 1.19. The lowest BCUT2D eigenvalue weighted by atomic mass is 10.1. The van der Waals surface area contributed by atoms with Crippen LogP contribution in [0, 0.1) is 13.8 Å². The smallest absolute Gasteiger partial charge is 0.0470 e.